The third-order valence-electron chi connectivity index (χ3n) is 7.33. The molecule has 0 bridgehead atoms. The van der Waals surface area contributed by atoms with Crippen LogP contribution in [-0.4, -0.2) is 38.5 Å². The number of benzene rings is 3. The van der Waals surface area contributed by atoms with Crippen molar-refractivity contribution in [1.82, 2.24) is 15.0 Å². The second-order valence-corrected chi connectivity index (χ2v) is 11.9. The van der Waals surface area contributed by atoms with Crippen LogP contribution < -0.4 is 4.74 Å². The van der Waals surface area contributed by atoms with Gasteiger partial charge < -0.3 is 9.47 Å². The number of nitrogens with zero attached hydrogens (tertiary/aromatic N) is 4. The highest BCUT2D eigenvalue weighted by Gasteiger charge is 2.27. The summed E-state index contributed by atoms with van der Waals surface area (Å²) in [6.45, 7) is 8.61. The van der Waals surface area contributed by atoms with E-state index in [2.05, 4.69) is 17.1 Å². The van der Waals surface area contributed by atoms with Gasteiger partial charge >= 0.3 is 11.9 Å². The smallest absolute Gasteiger partial charge is 0.343 e. The zero-order chi connectivity index (χ0) is 31.7. The summed E-state index contributed by atoms with van der Waals surface area (Å²) in [7, 11) is 0. The van der Waals surface area contributed by atoms with Crippen molar-refractivity contribution >= 4 is 28.7 Å². The first-order valence-corrected chi connectivity index (χ1v) is 15.2. The van der Waals surface area contributed by atoms with Crippen LogP contribution in [0.1, 0.15) is 94.1 Å². The molecule has 0 aliphatic rings. The monoisotopic (exact) mass is 600 g/mol. The van der Waals surface area contributed by atoms with Crippen LogP contribution in [0, 0.1) is 10.1 Å². The topological polar surface area (TPSA) is 126 Å². The Morgan fingerprint density at radius 1 is 0.909 bits per heavy atom. The molecule has 0 aliphatic carbocycles. The first-order chi connectivity index (χ1) is 21.1. The molecule has 0 unspecified atom stereocenters. The number of esters is 2. The largest absolute Gasteiger partial charge is 0.466 e. The van der Waals surface area contributed by atoms with Gasteiger partial charge in [0.15, 0.2) is 5.75 Å². The molecule has 1 heterocycles. The van der Waals surface area contributed by atoms with Crippen LogP contribution in [0.2, 0.25) is 0 Å². The van der Waals surface area contributed by atoms with Crippen molar-refractivity contribution in [1.29, 1.82) is 0 Å². The number of fused-ring (bicyclic) bond motifs is 1. The molecular formula is C34H40N4O6. The van der Waals surface area contributed by atoms with Gasteiger partial charge in [0.1, 0.15) is 16.7 Å². The molecule has 1 aromatic heterocycles. The maximum Gasteiger partial charge on any atom is 0.343 e. The van der Waals surface area contributed by atoms with Crippen LogP contribution in [0.3, 0.4) is 0 Å². The van der Waals surface area contributed by atoms with Crippen molar-refractivity contribution < 1.29 is 24.0 Å². The average molecular weight is 601 g/mol. The molecule has 0 spiro atoms. The van der Waals surface area contributed by atoms with Gasteiger partial charge in [0.05, 0.1) is 17.1 Å². The predicted molar refractivity (Wildman–Crippen MR) is 168 cm³/mol. The Balaban J connectivity index is 1.62. The Labute approximate surface area is 257 Å². The lowest BCUT2D eigenvalue weighted by Crippen LogP contribution is -2.20. The molecule has 0 amide bonds. The van der Waals surface area contributed by atoms with Gasteiger partial charge in [0, 0.05) is 24.1 Å². The summed E-state index contributed by atoms with van der Waals surface area (Å²) in [6.07, 6.45) is 7.33. The van der Waals surface area contributed by atoms with E-state index in [1.807, 2.05) is 57.2 Å². The number of ether oxygens (including phenoxy) is 2. The fourth-order valence-corrected chi connectivity index (χ4v) is 4.85. The summed E-state index contributed by atoms with van der Waals surface area (Å²) in [5.41, 5.74) is 2.92. The van der Waals surface area contributed by atoms with Gasteiger partial charge in [-0.05, 0) is 54.2 Å². The normalized spacial score (nSPS) is 11.5. The van der Waals surface area contributed by atoms with E-state index in [9.17, 15) is 19.7 Å². The summed E-state index contributed by atoms with van der Waals surface area (Å²) in [6, 6.07) is 16.4. The predicted octanol–water partition coefficient (Wildman–Crippen LogP) is 7.68. The Hall–Kier alpha value is -4.60. The average Bonchev–Trinajstić information content (AvgIpc) is 3.43. The van der Waals surface area contributed by atoms with Crippen LogP contribution in [0.4, 0.5) is 5.69 Å². The van der Waals surface area contributed by atoms with Crippen molar-refractivity contribution in [2.75, 3.05) is 6.61 Å². The maximum absolute atomic E-state index is 13.3. The molecule has 0 saturated heterocycles. The molecule has 232 valence electrons. The Kier molecular flexibility index (Phi) is 10.8. The molecule has 0 fully saturated rings. The molecule has 0 N–H and O–H groups in total. The van der Waals surface area contributed by atoms with Crippen LogP contribution in [0.15, 0.2) is 60.7 Å². The summed E-state index contributed by atoms with van der Waals surface area (Å²) in [4.78, 5) is 37.9. The number of carbonyl (C=O) groups excluding carboxylic acids is 2. The van der Waals surface area contributed by atoms with Gasteiger partial charge in [-0.25, -0.2) is 4.79 Å². The molecule has 4 aromatic rings. The van der Waals surface area contributed by atoms with Crippen molar-refractivity contribution in [2.24, 2.45) is 0 Å². The van der Waals surface area contributed by atoms with E-state index < -0.39 is 16.3 Å². The number of aryl methyl sites for hydroxylation is 1. The van der Waals surface area contributed by atoms with Crippen LogP contribution in [0.5, 0.6) is 5.75 Å². The SMILES string of the molecule is CCCCCCCCOC(=O)CCc1cc(-n2nc3ccccc3n2)c(OC(=O)c2ccc([N+](=O)[O-])cc2)c(C(C)(C)C)c1. The van der Waals surface area contributed by atoms with Crippen molar-refractivity contribution in [2.45, 2.75) is 84.5 Å². The van der Waals surface area contributed by atoms with Crippen molar-refractivity contribution in [3.05, 3.63) is 87.5 Å². The number of hydrogen-bond donors (Lipinski definition) is 0. The Bertz CT molecular complexity index is 1570. The quantitative estimate of drug-likeness (QED) is 0.0474. The lowest BCUT2D eigenvalue weighted by molar-refractivity contribution is -0.384. The van der Waals surface area contributed by atoms with Crippen LogP contribution in [0.25, 0.3) is 16.7 Å². The first-order valence-electron chi connectivity index (χ1n) is 15.2. The highest BCUT2D eigenvalue weighted by Crippen LogP contribution is 2.38. The Morgan fingerprint density at radius 2 is 1.55 bits per heavy atom. The minimum atomic E-state index is -0.672. The zero-order valence-electron chi connectivity index (χ0n) is 25.9. The second-order valence-electron chi connectivity index (χ2n) is 11.9. The molecule has 0 radical (unpaired) electrons. The van der Waals surface area contributed by atoms with Gasteiger partial charge in [-0.1, -0.05) is 78.0 Å². The van der Waals surface area contributed by atoms with Crippen LogP contribution in [-0.2, 0) is 21.4 Å². The third-order valence-corrected chi connectivity index (χ3v) is 7.33. The zero-order valence-corrected chi connectivity index (χ0v) is 25.9. The van der Waals surface area contributed by atoms with E-state index in [1.54, 1.807) is 0 Å². The van der Waals surface area contributed by atoms with Gasteiger partial charge in [-0.3, -0.25) is 14.9 Å². The fourth-order valence-electron chi connectivity index (χ4n) is 4.85. The molecule has 0 atom stereocenters. The number of aromatic nitrogens is 3. The highest BCUT2D eigenvalue weighted by atomic mass is 16.6. The summed E-state index contributed by atoms with van der Waals surface area (Å²) >= 11 is 0. The van der Waals surface area contributed by atoms with E-state index >= 15 is 0 Å². The lowest BCUT2D eigenvalue weighted by atomic mass is 9.84. The molecule has 10 heteroatoms. The van der Waals surface area contributed by atoms with E-state index in [1.165, 1.54) is 48.3 Å². The number of rotatable bonds is 14. The van der Waals surface area contributed by atoms with Crippen LogP contribution >= 0.6 is 0 Å². The minimum Gasteiger partial charge on any atom is -0.466 e. The maximum atomic E-state index is 13.3. The molecule has 3 aromatic carbocycles. The number of carbonyl (C=O) groups is 2. The molecular weight excluding hydrogens is 560 g/mol. The van der Waals surface area contributed by atoms with Gasteiger partial charge in [0.2, 0.25) is 0 Å². The molecule has 0 saturated carbocycles. The van der Waals surface area contributed by atoms with Gasteiger partial charge in [0.25, 0.3) is 5.69 Å². The number of nitro benzene ring substituents is 1. The minimum absolute atomic E-state index is 0.125. The van der Waals surface area contributed by atoms with E-state index in [0.29, 0.717) is 29.7 Å². The number of nitro groups is 1. The number of hydrogen-bond acceptors (Lipinski definition) is 8. The van der Waals surface area contributed by atoms with Crippen molar-refractivity contribution in [3.63, 3.8) is 0 Å². The van der Waals surface area contributed by atoms with Gasteiger partial charge in [-0.15, -0.1) is 15.0 Å². The van der Waals surface area contributed by atoms with Crippen molar-refractivity contribution in [3.8, 4) is 11.4 Å². The highest BCUT2D eigenvalue weighted by molar-refractivity contribution is 5.92. The molecule has 44 heavy (non-hydrogen) atoms. The number of unbranched alkanes of at least 4 members (excludes halogenated alkanes) is 5. The Morgan fingerprint density at radius 3 is 2.16 bits per heavy atom. The van der Waals surface area contributed by atoms with E-state index in [0.717, 1.165) is 30.4 Å². The standard InChI is InChI=1S/C34H40N4O6/c1-5-6-7-8-9-12-21-43-31(39)20-15-24-22-27(34(2,3)4)32(44-33(40)25-16-18-26(19-17-25)38(41)42)30(23-24)37-35-28-13-10-11-14-29(28)36-37/h10-11,13-14,16-19,22-23H,5-9,12,15,20-21H2,1-4H3. The molecule has 4 rings (SSSR count). The van der Waals surface area contributed by atoms with E-state index in [4.69, 9.17) is 9.47 Å². The lowest BCUT2D eigenvalue weighted by Gasteiger charge is -2.25. The third kappa shape index (κ3) is 8.49. The summed E-state index contributed by atoms with van der Waals surface area (Å²) in [5.74, 6) is -0.654. The van der Waals surface area contributed by atoms with Gasteiger partial charge in [-0.2, -0.15) is 0 Å². The first kappa shape index (κ1) is 32.3. The second kappa shape index (κ2) is 14.7. The summed E-state index contributed by atoms with van der Waals surface area (Å²) in [5, 5.41) is 20.4. The number of non-ortho nitro benzene ring substituents is 1. The molecule has 0 aliphatic heterocycles. The molecule has 10 nitrogen and oxygen atoms in total. The van der Waals surface area contributed by atoms with E-state index in [-0.39, 0.29) is 29.4 Å². The summed E-state index contributed by atoms with van der Waals surface area (Å²) < 4.78 is 11.5. The fraction of sp³-hybridized carbons (Fsp3) is 0.412.